The van der Waals surface area contributed by atoms with Crippen LogP contribution in [0.15, 0.2) is 18.2 Å². The van der Waals surface area contributed by atoms with Crippen molar-refractivity contribution in [2.75, 3.05) is 7.11 Å². The summed E-state index contributed by atoms with van der Waals surface area (Å²) in [5.74, 6) is -0.0106. The Hall–Kier alpha value is -2.02. The van der Waals surface area contributed by atoms with Gasteiger partial charge in [-0.05, 0) is 31.5 Å². The van der Waals surface area contributed by atoms with E-state index in [-0.39, 0.29) is 0 Å². The smallest absolute Gasteiger partial charge is 0.249 e. The Labute approximate surface area is 94.6 Å². The summed E-state index contributed by atoms with van der Waals surface area (Å²) >= 11 is 0. The molecule has 1 rings (SSSR count). The molecule has 4 heteroatoms. The Morgan fingerprint density at radius 1 is 1.50 bits per heavy atom. The maximum absolute atomic E-state index is 11.3. The number of hydrogen-bond acceptors (Lipinski definition) is 3. The Morgan fingerprint density at radius 2 is 2.12 bits per heavy atom. The summed E-state index contributed by atoms with van der Waals surface area (Å²) in [6.45, 7) is 3.47. The number of hydrogen-bond donors (Lipinski definition) is 1. The minimum Gasteiger partial charge on any atom is -0.497 e. The number of amides is 1. The van der Waals surface area contributed by atoms with Crippen molar-refractivity contribution in [2.24, 2.45) is 5.73 Å². The van der Waals surface area contributed by atoms with Crippen LogP contribution >= 0.6 is 0 Å². The molecule has 0 saturated carbocycles. The zero-order valence-electron chi connectivity index (χ0n) is 9.57. The highest BCUT2D eigenvalue weighted by Crippen LogP contribution is 2.28. The number of carbonyl (C=O) groups excluding carboxylic acids is 1. The van der Waals surface area contributed by atoms with Crippen molar-refractivity contribution in [3.63, 3.8) is 0 Å². The van der Waals surface area contributed by atoms with Gasteiger partial charge in [-0.1, -0.05) is 6.07 Å². The molecule has 0 aliphatic carbocycles. The van der Waals surface area contributed by atoms with Gasteiger partial charge in [0, 0.05) is 5.56 Å². The van der Waals surface area contributed by atoms with Crippen molar-refractivity contribution in [3.05, 3.63) is 29.3 Å². The molecule has 0 spiro atoms. The first-order chi connectivity index (χ1) is 7.42. The van der Waals surface area contributed by atoms with E-state index in [9.17, 15) is 4.79 Å². The van der Waals surface area contributed by atoms with E-state index < -0.39 is 11.3 Å². The maximum Gasteiger partial charge on any atom is 0.249 e. The molecular formula is C12H14N2O2. The van der Waals surface area contributed by atoms with Crippen LogP contribution in [0.2, 0.25) is 0 Å². The molecule has 0 unspecified atom stereocenters. The third-order valence-corrected chi connectivity index (χ3v) is 2.45. The standard InChI is InChI=1S/C12H14N2O2/c1-12(2,7-13)10-5-4-8(16-3)6-9(10)11(14)15/h4-6H,1-3H3,(H2,14,15). The van der Waals surface area contributed by atoms with Crippen molar-refractivity contribution in [2.45, 2.75) is 19.3 Å². The lowest BCUT2D eigenvalue weighted by molar-refractivity contribution is 0.0998. The van der Waals surface area contributed by atoms with Gasteiger partial charge in [0.1, 0.15) is 5.75 Å². The van der Waals surface area contributed by atoms with Gasteiger partial charge in [-0.25, -0.2) is 0 Å². The van der Waals surface area contributed by atoms with Gasteiger partial charge in [0.2, 0.25) is 5.91 Å². The van der Waals surface area contributed by atoms with Crippen LogP contribution in [-0.4, -0.2) is 13.0 Å². The number of benzene rings is 1. The summed E-state index contributed by atoms with van der Waals surface area (Å²) < 4.78 is 5.02. The first-order valence-corrected chi connectivity index (χ1v) is 4.82. The molecule has 0 radical (unpaired) electrons. The number of primary amides is 1. The fraction of sp³-hybridized carbons (Fsp3) is 0.333. The topological polar surface area (TPSA) is 76.1 Å². The molecular weight excluding hydrogens is 204 g/mol. The van der Waals surface area contributed by atoms with Gasteiger partial charge in [-0.3, -0.25) is 4.79 Å². The Morgan fingerprint density at radius 3 is 2.56 bits per heavy atom. The maximum atomic E-state index is 11.3. The Balaban J connectivity index is 3.41. The average molecular weight is 218 g/mol. The molecule has 0 aliphatic heterocycles. The lowest BCUT2D eigenvalue weighted by Crippen LogP contribution is -2.22. The summed E-state index contributed by atoms with van der Waals surface area (Å²) in [5.41, 5.74) is 5.47. The normalized spacial score (nSPS) is 10.6. The van der Waals surface area contributed by atoms with Crippen LogP contribution in [0, 0.1) is 11.3 Å². The molecule has 0 aromatic heterocycles. The second-order valence-electron chi connectivity index (χ2n) is 4.01. The SMILES string of the molecule is COc1ccc(C(C)(C)C#N)c(C(N)=O)c1. The number of nitrogens with zero attached hydrogens (tertiary/aromatic N) is 1. The van der Waals surface area contributed by atoms with E-state index in [1.54, 1.807) is 32.0 Å². The highest BCUT2D eigenvalue weighted by Gasteiger charge is 2.25. The van der Waals surface area contributed by atoms with Crippen molar-refractivity contribution < 1.29 is 9.53 Å². The summed E-state index contributed by atoms with van der Waals surface area (Å²) in [6, 6.07) is 7.10. The van der Waals surface area contributed by atoms with Crippen LogP contribution in [0.4, 0.5) is 0 Å². The lowest BCUT2D eigenvalue weighted by Gasteiger charge is -2.19. The minimum absolute atomic E-state index is 0.325. The Bertz CT molecular complexity index is 459. The molecule has 84 valence electrons. The van der Waals surface area contributed by atoms with Crippen LogP contribution in [0.1, 0.15) is 29.8 Å². The number of ether oxygens (including phenoxy) is 1. The quantitative estimate of drug-likeness (QED) is 0.837. The zero-order valence-corrected chi connectivity index (χ0v) is 9.57. The molecule has 0 fully saturated rings. The van der Waals surface area contributed by atoms with Crippen LogP contribution < -0.4 is 10.5 Å². The number of carbonyl (C=O) groups is 1. The second kappa shape index (κ2) is 4.23. The van der Waals surface area contributed by atoms with Crippen LogP contribution in [0.3, 0.4) is 0 Å². The van der Waals surface area contributed by atoms with Crippen molar-refractivity contribution in [3.8, 4) is 11.8 Å². The van der Waals surface area contributed by atoms with E-state index in [4.69, 9.17) is 15.7 Å². The average Bonchev–Trinajstić information content (AvgIpc) is 2.28. The molecule has 1 aromatic rings. The molecule has 4 nitrogen and oxygen atoms in total. The van der Waals surface area contributed by atoms with E-state index >= 15 is 0 Å². The van der Waals surface area contributed by atoms with Gasteiger partial charge < -0.3 is 10.5 Å². The minimum atomic E-state index is -0.753. The third-order valence-electron chi connectivity index (χ3n) is 2.45. The van der Waals surface area contributed by atoms with E-state index in [1.807, 2.05) is 0 Å². The van der Waals surface area contributed by atoms with E-state index in [0.29, 0.717) is 16.9 Å². The summed E-state index contributed by atoms with van der Waals surface area (Å²) in [5, 5.41) is 9.05. The molecule has 1 aromatic carbocycles. The second-order valence-corrected chi connectivity index (χ2v) is 4.01. The van der Waals surface area contributed by atoms with Gasteiger partial charge in [0.15, 0.2) is 0 Å². The predicted octanol–water partition coefficient (Wildman–Crippen LogP) is 1.60. The number of nitrogens with two attached hydrogens (primary N) is 1. The highest BCUT2D eigenvalue weighted by molar-refractivity contribution is 5.95. The first kappa shape index (κ1) is 12.1. The fourth-order valence-corrected chi connectivity index (χ4v) is 1.46. The van der Waals surface area contributed by atoms with Gasteiger partial charge >= 0.3 is 0 Å². The van der Waals surface area contributed by atoms with Crippen molar-refractivity contribution in [1.82, 2.24) is 0 Å². The van der Waals surface area contributed by atoms with Crippen LogP contribution in [-0.2, 0) is 5.41 Å². The molecule has 0 saturated heterocycles. The molecule has 0 atom stereocenters. The summed E-state index contributed by atoms with van der Waals surface area (Å²) in [6.07, 6.45) is 0. The molecule has 2 N–H and O–H groups in total. The molecule has 16 heavy (non-hydrogen) atoms. The largest absolute Gasteiger partial charge is 0.497 e. The number of rotatable bonds is 3. The van der Waals surface area contributed by atoms with Crippen LogP contribution in [0.5, 0.6) is 5.75 Å². The Kier molecular flexibility index (Phi) is 3.19. The monoisotopic (exact) mass is 218 g/mol. The molecule has 0 aliphatic rings. The van der Waals surface area contributed by atoms with Gasteiger partial charge in [-0.15, -0.1) is 0 Å². The molecule has 0 heterocycles. The summed E-state index contributed by atoms with van der Waals surface area (Å²) in [7, 11) is 1.51. The van der Waals surface area contributed by atoms with Crippen molar-refractivity contribution in [1.29, 1.82) is 5.26 Å². The summed E-state index contributed by atoms with van der Waals surface area (Å²) in [4.78, 5) is 11.3. The predicted molar refractivity (Wildman–Crippen MR) is 60.2 cm³/mol. The van der Waals surface area contributed by atoms with Gasteiger partial charge in [0.05, 0.1) is 18.6 Å². The number of methoxy groups -OCH3 is 1. The molecule has 1 amide bonds. The lowest BCUT2D eigenvalue weighted by atomic mass is 9.83. The van der Waals surface area contributed by atoms with Crippen molar-refractivity contribution >= 4 is 5.91 Å². The van der Waals surface area contributed by atoms with Gasteiger partial charge in [-0.2, -0.15) is 5.26 Å². The fourth-order valence-electron chi connectivity index (χ4n) is 1.46. The van der Waals surface area contributed by atoms with E-state index in [0.717, 1.165) is 0 Å². The van der Waals surface area contributed by atoms with Gasteiger partial charge in [0.25, 0.3) is 0 Å². The van der Waals surface area contributed by atoms with Crippen LogP contribution in [0.25, 0.3) is 0 Å². The van der Waals surface area contributed by atoms with E-state index in [2.05, 4.69) is 6.07 Å². The zero-order chi connectivity index (χ0) is 12.3. The third kappa shape index (κ3) is 2.14. The molecule has 0 bridgehead atoms. The first-order valence-electron chi connectivity index (χ1n) is 4.82. The highest BCUT2D eigenvalue weighted by atomic mass is 16.5. The van der Waals surface area contributed by atoms with E-state index in [1.165, 1.54) is 7.11 Å². The number of nitriles is 1.